The Kier molecular flexibility index (Phi) is 3.67. The Hall–Kier alpha value is -1.19. The van der Waals surface area contributed by atoms with Crippen molar-refractivity contribution in [3.05, 3.63) is 51.0 Å². The maximum atomic E-state index is 4.80. The van der Waals surface area contributed by atoms with Crippen molar-refractivity contribution >= 4 is 11.3 Å². The number of thiazole rings is 1. The molecule has 2 nitrogen and oxygen atoms in total. The average molecular weight is 272 g/mol. The zero-order valence-electron chi connectivity index (χ0n) is 11.6. The lowest BCUT2D eigenvalue weighted by atomic mass is 10.0. The Morgan fingerprint density at radius 1 is 1.32 bits per heavy atom. The van der Waals surface area contributed by atoms with Crippen LogP contribution >= 0.6 is 11.3 Å². The molecule has 1 atom stereocenters. The van der Waals surface area contributed by atoms with Gasteiger partial charge in [0.15, 0.2) is 0 Å². The van der Waals surface area contributed by atoms with Crippen molar-refractivity contribution in [1.29, 1.82) is 0 Å². The highest BCUT2D eigenvalue weighted by molar-refractivity contribution is 7.09. The van der Waals surface area contributed by atoms with Crippen LogP contribution in [0.15, 0.2) is 23.6 Å². The van der Waals surface area contributed by atoms with Gasteiger partial charge in [-0.25, -0.2) is 4.98 Å². The van der Waals surface area contributed by atoms with Crippen LogP contribution in [0.3, 0.4) is 0 Å². The molecule has 1 saturated heterocycles. The van der Waals surface area contributed by atoms with E-state index in [-0.39, 0.29) is 0 Å². The van der Waals surface area contributed by atoms with Crippen molar-refractivity contribution < 1.29 is 0 Å². The average Bonchev–Trinajstić information content (AvgIpc) is 3.04. The molecule has 0 bridgehead atoms. The van der Waals surface area contributed by atoms with E-state index in [1.165, 1.54) is 40.2 Å². The molecule has 1 N–H and O–H groups in total. The molecule has 2 heterocycles. The van der Waals surface area contributed by atoms with Crippen LogP contribution in [0.4, 0.5) is 0 Å². The lowest BCUT2D eigenvalue weighted by molar-refractivity contribution is 0.630. The van der Waals surface area contributed by atoms with Gasteiger partial charge < -0.3 is 5.32 Å². The van der Waals surface area contributed by atoms with E-state index in [9.17, 15) is 0 Å². The first-order valence-electron chi connectivity index (χ1n) is 6.96. The second-order valence-corrected chi connectivity index (χ2v) is 6.35. The molecule has 3 rings (SSSR count). The third-order valence-electron chi connectivity index (χ3n) is 3.91. The smallest absolute Gasteiger partial charge is 0.0972 e. The molecule has 1 unspecified atom stereocenters. The van der Waals surface area contributed by atoms with Gasteiger partial charge in [0, 0.05) is 11.8 Å². The van der Waals surface area contributed by atoms with Gasteiger partial charge in [0.25, 0.3) is 0 Å². The summed E-state index contributed by atoms with van der Waals surface area (Å²) in [6.45, 7) is 5.47. The third kappa shape index (κ3) is 2.88. The quantitative estimate of drug-likeness (QED) is 0.920. The largest absolute Gasteiger partial charge is 0.309 e. The summed E-state index contributed by atoms with van der Waals surface area (Å²) < 4.78 is 0. The fourth-order valence-corrected chi connectivity index (χ4v) is 3.47. The Balaban J connectivity index is 1.74. The van der Waals surface area contributed by atoms with Gasteiger partial charge in [-0.2, -0.15) is 0 Å². The fourth-order valence-electron chi connectivity index (χ4n) is 2.59. The number of nitrogens with zero attached hydrogens (tertiary/aromatic N) is 1. The summed E-state index contributed by atoms with van der Waals surface area (Å²) in [5, 5.41) is 6.96. The van der Waals surface area contributed by atoms with Gasteiger partial charge in [-0.1, -0.05) is 18.2 Å². The summed E-state index contributed by atoms with van der Waals surface area (Å²) in [5.74, 6) is 0. The molecule has 19 heavy (non-hydrogen) atoms. The van der Waals surface area contributed by atoms with E-state index < -0.39 is 0 Å². The minimum atomic E-state index is 0.491. The number of aromatic nitrogens is 1. The van der Waals surface area contributed by atoms with Crippen LogP contribution in [0.2, 0.25) is 0 Å². The van der Waals surface area contributed by atoms with Crippen molar-refractivity contribution in [2.45, 2.75) is 39.2 Å². The van der Waals surface area contributed by atoms with Gasteiger partial charge in [0.1, 0.15) is 0 Å². The van der Waals surface area contributed by atoms with Crippen molar-refractivity contribution in [2.24, 2.45) is 0 Å². The highest BCUT2D eigenvalue weighted by Crippen LogP contribution is 2.25. The summed E-state index contributed by atoms with van der Waals surface area (Å²) in [6.07, 6.45) is 3.46. The molecule has 1 aliphatic rings. The Bertz CT molecular complexity index is 568. The van der Waals surface area contributed by atoms with E-state index in [2.05, 4.69) is 42.7 Å². The highest BCUT2D eigenvalue weighted by atomic mass is 32.1. The summed E-state index contributed by atoms with van der Waals surface area (Å²) >= 11 is 1.79. The predicted molar refractivity (Wildman–Crippen MR) is 80.8 cm³/mol. The van der Waals surface area contributed by atoms with Crippen molar-refractivity contribution in [2.75, 3.05) is 6.54 Å². The third-order valence-corrected chi connectivity index (χ3v) is 4.78. The predicted octanol–water partition coefficient (Wildman–Crippen LogP) is 3.78. The lowest BCUT2D eigenvalue weighted by Crippen LogP contribution is -2.13. The van der Waals surface area contributed by atoms with E-state index in [0.717, 1.165) is 13.0 Å². The molecule has 0 saturated carbocycles. The zero-order chi connectivity index (χ0) is 13.2. The first kappa shape index (κ1) is 12.8. The van der Waals surface area contributed by atoms with E-state index in [4.69, 9.17) is 4.98 Å². The molecule has 1 aliphatic heterocycles. The van der Waals surface area contributed by atoms with Gasteiger partial charge in [-0.15, -0.1) is 11.3 Å². The second-order valence-electron chi connectivity index (χ2n) is 5.41. The molecule has 1 aromatic carbocycles. The highest BCUT2D eigenvalue weighted by Gasteiger charge is 2.18. The van der Waals surface area contributed by atoms with Gasteiger partial charge in [-0.05, 0) is 49.9 Å². The molecule has 100 valence electrons. The molecular weight excluding hydrogens is 252 g/mol. The number of aryl methyl sites for hydroxylation is 2. The molecule has 3 heteroatoms. The van der Waals surface area contributed by atoms with E-state index in [0.29, 0.717) is 6.04 Å². The number of nitrogens with one attached hydrogen (secondary N) is 1. The molecule has 1 aromatic heterocycles. The van der Waals surface area contributed by atoms with Crippen molar-refractivity contribution in [3.8, 4) is 0 Å². The standard InChI is InChI=1S/C16H20N2S/c1-11-5-6-13(8-12(11)2)9-16-18-15(10-19-16)14-4-3-7-17-14/h5-6,8,10,14,17H,3-4,7,9H2,1-2H3. The maximum absolute atomic E-state index is 4.80. The van der Waals surface area contributed by atoms with Crippen LogP contribution < -0.4 is 5.32 Å². The van der Waals surface area contributed by atoms with E-state index in [1.807, 2.05) is 0 Å². The first-order chi connectivity index (χ1) is 9.22. The fraction of sp³-hybridized carbons (Fsp3) is 0.438. The second kappa shape index (κ2) is 5.43. The molecule has 0 spiro atoms. The lowest BCUT2D eigenvalue weighted by Gasteiger charge is -2.05. The Morgan fingerprint density at radius 2 is 2.21 bits per heavy atom. The van der Waals surface area contributed by atoms with E-state index >= 15 is 0 Å². The first-order valence-corrected chi connectivity index (χ1v) is 7.84. The topological polar surface area (TPSA) is 24.9 Å². The van der Waals surface area contributed by atoms with Gasteiger partial charge >= 0.3 is 0 Å². The summed E-state index contributed by atoms with van der Waals surface area (Å²) in [5.41, 5.74) is 5.33. The molecule has 1 fully saturated rings. The van der Waals surface area contributed by atoms with Gasteiger partial charge in [0.05, 0.1) is 16.7 Å². The van der Waals surface area contributed by atoms with Gasteiger partial charge in [0.2, 0.25) is 0 Å². The van der Waals surface area contributed by atoms with Crippen LogP contribution in [0.5, 0.6) is 0 Å². The summed E-state index contributed by atoms with van der Waals surface area (Å²) in [7, 11) is 0. The summed E-state index contributed by atoms with van der Waals surface area (Å²) in [6, 6.07) is 7.20. The van der Waals surface area contributed by atoms with Crippen LogP contribution in [0.25, 0.3) is 0 Å². The van der Waals surface area contributed by atoms with Crippen molar-refractivity contribution in [3.63, 3.8) is 0 Å². The van der Waals surface area contributed by atoms with Crippen molar-refractivity contribution in [1.82, 2.24) is 10.3 Å². The van der Waals surface area contributed by atoms with E-state index in [1.54, 1.807) is 11.3 Å². The number of benzene rings is 1. The van der Waals surface area contributed by atoms with Gasteiger partial charge in [-0.3, -0.25) is 0 Å². The minimum absolute atomic E-state index is 0.491. The molecule has 0 aliphatic carbocycles. The monoisotopic (exact) mass is 272 g/mol. The Morgan fingerprint density at radius 3 is 2.95 bits per heavy atom. The van der Waals surface area contributed by atoms with Crippen LogP contribution in [-0.2, 0) is 6.42 Å². The summed E-state index contributed by atoms with van der Waals surface area (Å²) in [4.78, 5) is 4.80. The SMILES string of the molecule is Cc1ccc(Cc2nc(C3CCCN3)cs2)cc1C. The Labute approximate surface area is 118 Å². The zero-order valence-corrected chi connectivity index (χ0v) is 12.4. The number of hydrogen-bond donors (Lipinski definition) is 1. The number of rotatable bonds is 3. The minimum Gasteiger partial charge on any atom is -0.309 e. The molecular formula is C16H20N2S. The van der Waals surface area contributed by atoms with Crippen LogP contribution in [0, 0.1) is 13.8 Å². The van der Waals surface area contributed by atoms with Crippen LogP contribution in [0.1, 0.15) is 46.3 Å². The van der Waals surface area contributed by atoms with Crippen LogP contribution in [-0.4, -0.2) is 11.5 Å². The maximum Gasteiger partial charge on any atom is 0.0972 e. The normalized spacial score (nSPS) is 18.9. The molecule has 0 radical (unpaired) electrons. The molecule has 2 aromatic rings. The number of hydrogen-bond acceptors (Lipinski definition) is 3. The molecule has 0 amide bonds.